The molecule has 3 N–H and O–H groups in total. The van der Waals surface area contributed by atoms with Crippen LogP contribution in [0, 0.1) is 0 Å². The second-order valence-corrected chi connectivity index (χ2v) is 5.75. The number of benzene rings is 1. The van der Waals surface area contributed by atoms with E-state index >= 15 is 0 Å². The van der Waals surface area contributed by atoms with Crippen LogP contribution in [0.1, 0.15) is 29.3 Å². The van der Waals surface area contributed by atoms with Crippen molar-refractivity contribution in [2.45, 2.75) is 32.7 Å². The quantitative estimate of drug-likeness (QED) is 0.598. The van der Waals surface area contributed by atoms with Gasteiger partial charge in [-0.25, -0.2) is 0 Å². The smallest absolute Gasteiger partial charge is 0.0314 e. The molecular formula is C16H22N2S. The van der Waals surface area contributed by atoms with Crippen LogP contribution in [0.25, 0.3) is 0 Å². The molecule has 0 aliphatic carbocycles. The van der Waals surface area contributed by atoms with Crippen LogP contribution < -0.4 is 11.1 Å². The van der Waals surface area contributed by atoms with E-state index in [-0.39, 0.29) is 0 Å². The van der Waals surface area contributed by atoms with Gasteiger partial charge in [-0.2, -0.15) is 0 Å². The fourth-order valence-corrected chi connectivity index (χ4v) is 3.09. The maximum atomic E-state index is 5.67. The number of rotatable bonds is 7. The van der Waals surface area contributed by atoms with E-state index in [9.17, 15) is 0 Å². The summed E-state index contributed by atoms with van der Waals surface area (Å²) in [5, 5.41) is 5.71. The highest BCUT2D eigenvalue weighted by atomic mass is 32.1. The zero-order valence-corrected chi connectivity index (χ0v) is 12.3. The third-order valence-electron chi connectivity index (χ3n) is 3.30. The summed E-state index contributed by atoms with van der Waals surface area (Å²) in [7, 11) is 0. The molecule has 0 fully saturated rings. The lowest BCUT2D eigenvalue weighted by Gasteiger charge is -2.05. The third-order valence-corrected chi connectivity index (χ3v) is 4.27. The first-order valence-corrected chi connectivity index (χ1v) is 7.78. The summed E-state index contributed by atoms with van der Waals surface area (Å²) in [5.74, 6) is 0. The van der Waals surface area contributed by atoms with Gasteiger partial charge in [0.1, 0.15) is 0 Å². The molecule has 0 bridgehead atoms. The maximum Gasteiger partial charge on any atom is 0.0314 e. The van der Waals surface area contributed by atoms with Gasteiger partial charge in [-0.1, -0.05) is 19.1 Å². The van der Waals surface area contributed by atoms with E-state index < -0.39 is 0 Å². The predicted molar refractivity (Wildman–Crippen MR) is 84.6 cm³/mol. The normalized spacial score (nSPS) is 10.8. The second-order valence-electron chi connectivity index (χ2n) is 4.74. The number of thiophene rings is 1. The van der Waals surface area contributed by atoms with Gasteiger partial charge >= 0.3 is 0 Å². The fraction of sp³-hybridized carbons (Fsp3) is 0.375. The largest absolute Gasteiger partial charge is 0.399 e. The minimum Gasteiger partial charge on any atom is -0.399 e. The highest BCUT2D eigenvalue weighted by Crippen LogP contribution is 2.16. The second kappa shape index (κ2) is 7.31. The van der Waals surface area contributed by atoms with Crippen LogP contribution in [-0.4, -0.2) is 6.54 Å². The van der Waals surface area contributed by atoms with Crippen molar-refractivity contribution in [1.82, 2.24) is 5.32 Å². The van der Waals surface area contributed by atoms with Crippen LogP contribution in [0.15, 0.2) is 35.7 Å². The molecule has 1 aromatic heterocycles. The minimum atomic E-state index is 0.840. The van der Waals surface area contributed by atoms with Crippen LogP contribution in [0.4, 0.5) is 5.69 Å². The number of anilines is 1. The number of nitrogens with two attached hydrogens (primary N) is 1. The van der Waals surface area contributed by atoms with E-state index in [0.29, 0.717) is 0 Å². The van der Waals surface area contributed by atoms with E-state index in [0.717, 1.165) is 38.0 Å². The van der Waals surface area contributed by atoms with Crippen molar-refractivity contribution in [3.63, 3.8) is 0 Å². The Kier molecular flexibility index (Phi) is 5.43. The topological polar surface area (TPSA) is 38.0 Å². The van der Waals surface area contributed by atoms with E-state index in [4.69, 9.17) is 5.73 Å². The Hall–Kier alpha value is -1.32. The average Bonchev–Trinajstić information content (AvgIpc) is 2.88. The molecule has 0 aliphatic rings. The molecule has 2 rings (SSSR count). The number of aryl methyl sites for hydroxylation is 2. The van der Waals surface area contributed by atoms with Gasteiger partial charge in [0.05, 0.1) is 0 Å². The molecule has 0 aliphatic heterocycles. The molecule has 19 heavy (non-hydrogen) atoms. The van der Waals surface area contributed by atoms with E-state index in [1.165, 1.54) is 16.0 Å². The summed E-state index contributed by atoms with van der Waals surface area (Å²) in [5.41, 5.74) is 9.36. The molecule has 3 heteroatoms. The lowest BCUT2D eigenvalue weighted by molar-refractivity contribution is 0.652. The van der Waals surface area contributed by atoms with Crippen molar-refractivity contribution < 1.29 is 0 Å². The van der Waals surface area contributed by atoms with Crippen molar-refractivity contribution in [2.24, 2.45) is 0 Å². The molecule has 0 radical (unpaired) electrons. The summed E-state index contributed by atoms with van der Waals surface area (Å²) in [4.78, 5) is 1.48. The summed E-state index contributed by atoms with van der Waals surface area (Å²) in [6, 6.07) is 10.4. The molecule has 0 amide bonds. The minimum absolute atomic E-state index is 0.840. The molecular weight excluding hydrogens is 252 g/mol. The molecule has 0 saturated heterocycles. The van der Waals surface area contributed by atoms with Crippen molar-refractivity contribution in [3.05, 3.63) is 51.7 Å². The maximum absolute atomic E-state index is 5.67. The Morgan fingerprint density at radius 1 is 1.16 bits per heavy atom. The molecule has 1 heterocycles. The van der Waals surface area contributed by atoms with Crippen LogP contribution in [0.2, 0.25) is 0 Å². The van der Waals surface area contributed by atoms with Gasteiger partial charge in [0, 0.05) is 17.1 Å². The highest BCUT2D eigenvalue weighted by Gasteiger charge is 2.01. The SMILES string of the molecule is CCc1ccsc1CNCCCc1ccc(N)cc1. The zero-order valence-electron chi connectivity index (χ0n) is 11.5. The van der Waals surface area contributed by atoms with Crippen molar-refractivity contribution in [3.8, 4) is 0 Å². The van der Waals surface area contributed by atoms with E-state index in [1.807, 2.05) is 23.5 Å². The lowest BCUT2D eigenvalue weighted by atomic mass is 10.1. The third kappa shape index (κ3) is 4.37. The van der Waals surface area contributed by atoms with Gasteiger partial charge < -0.3 is 11.1 Å². The molecule has 1 aromatic carbocycles. The van der Waals surface area contributed by atoms with Gasteiger partial charge in [-0.05, 0) is 60.5 Å². The van der Waals surface area contributed by atoms with Crippen LogP contribution in [0.5, 0.6) is 0 Å². The lowest BCUT2D eigenvalue weighted by Crippen LogP contribution is -2.15. The molecule has 102 valence electrons. The molecule has 0 atom stereocenters. The molecule has 2 aromatic rings. The summed E-state index contributed by atoms with van der Waals surface area (Å²) >= 11 is 1.85. The summed E-state index contributed by atoms with van der Waals surface area (Å²) < 4.78 is 0. The van der Waals surface area contributed by atoms with E-state index in [1.54, 1.807) is 0 Å². The van der Waals surface area contributed by atoms with Crippen molar-refractivity contribution >= 4 is 17.0 Å². The molecule has 0 saturated carbocycles. The van der Waals surface area contributed by atoms with Gasteiger partial charge in [0.25, 0.3) is 0 Å². The Bertz CT molecular complexity index is 488. The van der Waals surface area contributed by atoms with Gasteiger partial charge in [-0.3, -0.25) is 0 Å². The Balaban J connectivity index is 1.66. The number of hydrogen-bond donors (Lipinski definition) is 2. The number of hydrogen-bond acceptors (Lipinski definition) is 3. The van der Waals surface area contributed by atoms with E-state index in [2.05, 4.69) is 35.8 Å². The fourth-order valence-electron chi connectivity index (χ4n) is 2.14. The van der Waals surface area contributed by atoms with Gasteiger partial charge in [0.15, 0.2) is 0 Å². The number of nitrogens with one attached hydrogen (secondary N) is 1. The predicted octanol–water partition coefficient (Wildman–Crippen LogP) is 3.62. The first kappa shape index (κ1) is 14.1. The van der Waals surface area contributed by atoms with Crippen LogP contribution in [-0.2, 0) is 19.4 Å². The first-order chi connectivity index (χ1) is 9.29. The standard InChI is InChI=1S/C16H22N2S/c1-2-14-9-11-19-16(14)12-18-10-3-4-13-5-7-15(17)8-6-13/h5-9,11,18H,2-4,10,12,17H2,1H3. The average molecular weight is 274 g/mol. The Labute approximate surface area is 119 Å². The molecule has 2 nitrogen and oxygen atoms in total. The van der Waals surface area contributed by atoms with Crippen molar-refractivity contribution in [1.29, 1.82) is 0 Å². The Morgan fingerprint density at radius 2 is 1.95 bits per heavy atom. The molecule has 0 spiro atoms. The highest BCUT2D eigenvalue weighted by molar-refractivity contribution is 7.10. The van der Waals surface area contributed by atoms with Crippen LogP contribution >= 0.6 is 11.3 Å². The Morgan fingerprint density at radius 3 is 2.68 bits per heavy atom. The van der Waals surface area contributed by atoms with Gasteiger partial charge in [0.2, 0.25) is 0 Å². The zero-order chi connectivity index (χ0) is 13.5. The number of nitrogen functional groups attached to an aromatic ring is 1. The van der Waals surface area contributed by atoms with Crippen molar-refractivity contribution in [2.75, 3.05) is 12.3 Å². The van der Waals surface area contributed by atoms with Crippen LogP contribution in [0.3, 0.4) is 0 Å². The summed E-state index contributed by atoms with van der Waals surface area (Å²) in [6.45, 7) is 4.28. The first-order valence-electron chi connectivity index (χ1n) is 6.90. The monoisotopic (exact) mass is 274 g/mol. The molecule has 0 unspecified atom stereocenters. The summed E-state index contributed by atoms with van der Waals surface area (Å²) in [6.07, 6.45) is 3.40. The van der Waals surface area contributed by atoms with Gasteiger partial charge in [-0.15, -0.1) is 11.3 Å².